The van der Waals surface area contributed by atoms with Crippen LogP contribution in [0.2, 0.25) is 0 Å². The highest BCUT2D eigenvalue weighted by Crippen LogP contribution is 2.35. The van der Waals surface area contributed by atoms with E-state index in [0.717, 1.165) is 12.8 Å². The molecule has 0 N–H and O–H groups in total. The molecule has 1 saturated carbocycles. The Kier molecular flexibility index (Phi) is 3.70. The van der Waals surface area contributed by atoms with Crippen molar-refractivity contribution >= 4 is 0 Å². The van der Waals surface area contributed by atoms with Crippen LogP contribution < -0.4 is 0 Å². The molecule has 0 aliphatic heterocycles. The standard InChI is InChI=1S/C16H16FN3O/c1-10-4-2-5-11(8-10)15-19-16(21-20-15)12-6-3-7-14(17)13(12)9-18/h3,6-7,10-11H,2,4-5,8H2,1H3. The second-order valence-electron chi connectivity index (χ2n) is 5.70. The zero-order valence-electron chi connectivity index (χ0n) is 11.8. The Bertz CT molecular complexity index is 689. The van der Waals surface area contributed by atoms with E-state index in [0.29, 0.717) is 23.2 Å². The van der Waals surface area contributed by atoms with Crippen LogP contribution >= 0.6 is 0 Å². The Morgan fingerprint density at radius 3 is 3.00 bits per heavy atom. The number of aromatic nitrogens is 2. The molecule has 0 saturated heterocycles. The first-order chi connectivity index (χ1) is 10.2. The molecule has 1 aromatic heterocycles. The summed E-state index contributed by atoms with van der Waals surface area (Å²) < 4.78 is 18.9. The zero-order valence-corrected chi connectivity index (χ0v) is 11.8. The third-order valence-corrected chi connectivity index (χ3v) is 4.10. The van der Waals surface area contributed by atoms with Gasteiger partial charge in [-0.2, -0.15) is 10.2 Å². The maximum absolute atomic E-state index is 13.6. The zero-order chi connectivity index (χ0) is 14.8. The number of hydrogen-bond donors (Lipinski definition) is 0. The Labute approximate surface area is 122 Å². The van der Waals surface area contributed by atoms with Crippen molar-refractivity contribution in [2.75, 3.05) is 0 Å². The molecule has 1 fully saturated rings. The molecule has 2 atom stereocenters. The van der Waals surface area contributed by atoms with E-state index < -0.39 is 5.82 Å². The highest BCUT2D eigenvalue weighted by molar-refractivity contribution is 5.63. The summed E-state index contributed by atoms with van der Waals surface area (Å²) in [7, 11) is 0. The van der Waals surface area contributed by atoms with Crippen molar-refractivity contribution < 1.29 is 8.91 Å². The Morgan fingerprint density at radius 1 is 1.38 bits per heavy atom. The third kappa shape index (κ3) is 2.66. The molecule has 0 radical (unpaired) electrons. The molecule has 5 heteroatoms. The summed E-state index contributed by atoms with van der Waals surface area (Å²) in [5.74, 6) is 1.28. The second kappa shape index (κ2) is 5.65. The summed E-state index contributed by atoms with van der Waals surface area (Å²) in [6.45, 7) is 2.23. The van der Waals surface area contributed by atoms with Gasteiger partial charge in [-0.25, -0.2) is 4.39 Å². The molecule has 21 heavy (non-hydrogen) atoms. The van der Waals surface area contributed by atoms with Gasteiger partial charge in [-0.3, -0.25) is 0 Å². The van der Waals surface area contributed by atoms with Gasteiger partial charge in [-0.05, 0) is 30.9 Å². The summed E-state index contributed by atoms with van der Waals surface area (Å²) in [6, 6.07) is 6.27. The SMILES string of the molecule is CC1CCCC(c2noc(-c3cccc(F)c3C#N)n2)C1. The highest BCUT2D eigenvalue weighted by Gasteiger charge is 2.25. The van der Waals surface area contributed by atoms with Crippen molar-refractivity contribution in [2.24, 2.45) is 5.92 Å². The highest BCUT2D eigenvalue weighted by atomic mass is 19.1. The average molecular weight is 285 g/mol. The summed E-state index contributed by atoms with van der Waals surface area (Å²) in [5, 5.41) is 13.1. The van der Waals surface area contributed by atoms with E-state index in [1.54, 1.807) is 6.07 Å². The summed E-state index contributed by atoms with van der Waals surface area (Å²) >= 11 is 0. The monoisotopic (exact) mass is 285 g/mol. The van der Waals surface area contributed by atoms with E-state index in [1.165, 1.54) is 25.0 Å². The molecule has 1 heterocycles. The summed E-state index contributed by atoms with van der Waals surface area (Å²) in [5.41, 5.74) is 0.310. The van der Waals surface area contributed by atoms with E-state index in [-0.39, 0.29) is 11.5 Å². The predicted octanol–water partition coefficient (Wildman–Crippen LogP) is 4.04. The first-order valence-electron chi connectivity index (χ1n) is 7.21. The van der Waals surface area contributed by atoms with Gasteiger partial charge >= 0.3 is 0 Å². The lowest BCUT2D eigenvalue weighted by Crippen LogP contribution is -2.12. The number of benzene rings is 1. The van der Waals surface area contributed by atoms with Crippen LogP contribution in [0.3, 0.4) is 0 Å². The molecular formula is C16H16FN3O. The van der Waals surface area contributed by atoms with Crippen LogP contribution in [0, 0.1) is 23.1 Å². The third-order valence-electron chi connectivity index (χ3n) is 4.10. The van der Waals surface area contributed by atoms with Crippen LogP contribution in [0.4, 0.5) is 4.39 Å². The van der Waals surface area contributed by atoms with Gasteiger partial charge in [0.25, 0.3) is 5.89 Å². The van der Waals surface area contributed by atoms with Crippen molar-refractivity contribution in [2.45, 2.75) is 38.5 Å². The van der Waals surface area contributed by atoms with Gasteiger partial charge in [-0.15, -0.1) is 0 Å². The summed E-state index contributed by atoms with van der Waals surface area (Å²) in [6.07, 6.45) is 4.51. The molecule has 0 amide bonds. The number of halogens is 1. The van der Waals surface area contributed by atoms with Crippen LogP contribution in [0.25, 0.3) is 11.5 Å². The molecule has 0 spiro atoms. The second-order valence-corrected chi connectivity index (χ2v) is 5.70. The minimum atomic E-state index is -0.568. The fourth-order valence-corrected chi connectivity index (χ4v) is 2.99. The van der Waals surface area contributed by atoms with E-state index in [2.05, 4.69) is 17.1 Å². The van der Waals surface area contributed by atoms with Gasteiger partial charge in [0.15, 0.2) is 5.82 Å². The Hall–Kier alpha value is -2.22. The van der Waals surface area contributed by atoms with E-state index in [4.69, 9.17) is 9.78 Å². The molecule has 2 unspecified atom stereocenters. The molecule has 1 aliphatic carbocycles. The maximum Gasteiger partial charge on any atom is 0.259 e. The van der Waals surface area contributed by atoms with E-state index >= 15 is 0 Å². The molecular weight excluding hydrogens is 269 g/mol. The number of nitriles is 1. The van der Waals surface area contributed by atoms with Gasteiger partial charge < -0.3 is 4.52 Å². The van der Waals surface area contributed by atoms with Crippen molar-refractivity contribution in [3.8, 4) is 17.5 Å². The smallest absolute Gasteiger partial charge is 0.259 e. The number of rotatable bonds is 2. The van der Waals surface area contributed by atoms with E-state index in [1.807, 2.05) is 6.07 Å². The molecule has 2 aromatic rings. The summed E-state index contributed by atoms with van der Waals surface area (Å²) in [4.78, 5) is 4.39. The van der Waals surface area contributed by atoms with Crippen LogP contribution in [-0.4, -0.2) is 10.1 Å². The molecule has 1 aromatic carbocycles. The minimum Gasteiger partial charge on any atom is -0.334 e. The normalized spacial score (nSPS) is 22.0. The minimum absolute atomic E-state index is 0.0512. The number of nitrogens with zero attached hydrogens (tertiary/aromatic N) is 3. The predicted molar refractivity (Wildman–Crippen MR) is 74.8 cm³/mol. The fourth-order valence-electron chi connectivity index (χ4n) is 2.99. The van der Waals surface area contributed by atoms with Crippen molar-refractivity contribution in [3.05, 3.63) is 35.4 Å². The fraction of sp³-hybridized carbons (Fsp3) is 0.438. The van der Waals surface area contributed by atoms with Gasteiger partial charge in [0.1, 0.15) is 17.4 Å². The lowest BCUT2D eigenvalue weighted by molar-refractivity contribution is 0.324. The van der Waals surface area contributed by atoms with Crippen molar-refractivity contribution in [1.29, 1.82) is 5.26 Å². The quantitative estimate of drug-likeness (QED) is 0.835. The lowest BCUT2D eigenvalue weighted by atomic mass is 9.82. The maximum atomic E-state index is 13.6. The van der Waals surface area contributed by atoms with Gasteiger partial charge in [-0.1, -0.05) is 31.0 Å². The van der Waals surface area contributed by atoms with Crippen LogP contribution in [-0.2, 0) is 0 Å². The average Bonchev–Trinajstić information content (AvgIpc) is 2.96. The van der Waals surface area contributed by atoms with Gasteiger partial charge in [0.2, 0.25) is 0 Å². The van der Waals surface area contributed by atoms with Crippen molar-refractivity contribution in [1.82, 2.24) is 10.1 Å². The Balaban J connectivity index is 1.92. The molecule has 4 nitrogen and oxygen atoms in total. The Morgan fingerprint density at radius 2 is 2.24 bits per heavy atom. The first kappa shape index (κ1) is 13.7. The lowest BCUT2D eigenvalue weighted by Gasteiger charge is -2.23. The van der Waals surface area contributed by atoms with Crippen LogP contribution in [0.15, 0.2) is 22.7 Å². The van der Waals surface area contributed by atoms with Crippen LogP contribution in [0.5, 0.6) is 0 Å². The topological polar surface area (TPSA) is 62.7 Å². The van der Waals surface area contributed by atoms with Gasteiger partial charge in [0.05, 0.1) is 5.56 Å². The van der Waals surface area contributed by atoms with Crippen LogP contribution in [0.1, 0.15) is 49.9 Å². The first-order valence-corrected chi connectivity index (χ1v) is 7.21. The number of hydrogen-bond acceptors (Lipinski definition) is 4. The molecule has 1 aliphatic rings. The van der Waals surface area contributed by atoms with E-state index in [9.17, 15) is 4.39 Å². The van der Waals surface area contributed by atoms with Crippen molar-refractivity contribution in [3.63, 3.8) is 0 Å². The van der Waals surface area contributed by atoms with Gasteiger partial charge in [0, 0.05) is 5.92 Å². The molecule has 108 valence electrons. The largest absolute Gasteiger partial charge is 0.334 e. The molecule has 0 bridgehead atoms. The molecule has 3 rings (SSSR count).